The van der Waals surface area contributed by atoms with Gasteiger partial charge in [-0.3, -0.25) is 4.79 Å². The molecule has 1 saturated heterocycles. The zero-order valence-electron chi connectivity index (χ0n) is 17.4. The Hall–Kier alpha value is -2.77. The average molecular weight is 435 g/mol. The molecule has 2 aliphatic heterocycles. The molecule has 2 atom stereocenters. The summed E-state index contributed by atoms with van der Waals surface area (Å²) in [4.78, 5) is 17.2. The van der Waals surface area contributed by atoms with Gasteiger partial charge in [-0.2, -0.15) is 13.2 Å². The monoisotopic (exact) mass is 435 g/mol. The van der Waals surface area contributed by atoms with Gasteiger partial charge in [0.05, 0.1) is 17.5 Å². The quantitative estimate of drug-likeness (QED) is 0.733. The van der Waals surface area contributed by atoms with Crippen molar-refractivity contribution in [2.24, 2.45) is 5.92 Å². The van der Waals surface area contributed by atoms with E-state index in [9.17, 15) is 22.4 Å². The number of hydrogen-bond acceptors (Lipinski definition) is 3. The zero-order chi connectivity index (χ0) is 22.3. The highest BCUT2D eigenvalue weighted by molar-refractivity contribution is 5.82. The van der Waals surface area contributed by atoms with Crippen molar-refractivity contribution in [1.29, 1.82) is 0 Å². The lowest BCUT2D eigenvalue weighted by Crippen LogP contribution is -2.61. The summed E-state index contributed by atoms with van der Waals surface area (Å²) in [5, 5.41) is 2.93. The van der Waals surface area contributed by atoms with Gasteiger partial charge in [0.25, 0.3) is 0 Å². The van der Waals surface area contributed by atoms with Crippen molar-refractivity contribution < 1.29 is 22.4 Å². The maximum Gasteiger partial charge on any atom is 0.416 e. The van der Waals surface area contributed by atoms with Gasteiger partial charge in [0.15, 0.2) is 0 Å². The number of carbonyl (C=O) groups excluding carboxylic acids is 1. The fraction of sp³-hybridized carbons (Fsp3) is 0.435. The van der Waals surface area contributed by atoms with E-state index >= 15 is 0 Å². The number of halogens is 4. The van der Waals surface area contributed by atoms with Gasteiger partial charge in [-0.25, -0.2) is 4.39 Å². The van der Waals surface area contributed by atoms with Crippen molar-refractivity contribution >= 4 is 17.3 Å². The molecular weight excluding hydrogens is 410 g/mol. The minimum absolute atomic E-state index is 0.0688. The van der Waals surface area contributed by atoms with E-state index in [2.05, 4.69) is 15.1 Å². The Labute approximate surface area is 178 Å². The molecule has 2 aromatic rings. The summed E-state index contributed by atoms with van der Waals surface area (Å²) >= 11 is 0. The molecule has 8 heteroatoms. The fourth-order valence-corrected chi connectivity index (χ4v) is 4.58. The molecule has 0 aliphatic carbocycles. The first-order chi connectivity index (χ1) is 14.6. The van der Waals surface area contributed by atoms with Gasteiger partial charge in [0.1, 0.15) is 5.82 Å². The second kappa shape index (κ2) is 8.05. The summed E-state index contributed by atoms with van der Waals surface area (Å²) in [5.41, 5.74) is 1.47. The first kappa shape index (κ1) is 21.5. The number of nitrogens with zero attached hydrogens (tertiary/aromatic N) is 2. The van der Waals surface area contributed by atoms with Crippen LogP contribution in [0, 0.1) is 11.7 Å². The van der Waals surface area contributed by atoms with E-state index in [-0.39, 0.29) is 30.2 Å². The Bertz CT molecular complexity index is 958. The second-order valence-corrected chi connectivity index (χ2v) is 8.50. The van der Waals surface area contributed by atoms with Crippen molar-refractivity contribution in [2.75, 3.05) is 29.4 Å². The van der Waals surface area contributed by atoms with Gasteiger partial charge in [-0.05, 0) is 68.3 Å². The Balaban J connectivity index is 1.68. The van der Waals surface area contributed by atoms with Crippen LogP contribution in [-0.4, -0.2) is 37.6 Å². The molecule has 0 unspecified atom stereocenters. The lowest BCUT2D eigenvalue weighted by Gasteiger charge is -2.49. The summed E-state index contributed by atoms with van der Waals surface area (Å²) in [6.07, 6.45) is -4.18. The molecule has 4 nitrogen and oxygen atoms in total. The number of amides is 1. The molecule has 2 heterocycles. The van der Waals surface area contributed by atoms with Crippen LogP contribution in [0.2, 0.25) is 0 Å². The predicted octanol–water partition coefficient (Wildman–Crippen LogP) is 4.24. The normalized spacial score (nSPS) is 21.0. The minimum Gasteiger partial charge on any atom is -0.368 e. The van der Waals surface area contributed by atoms with Crippen LogP contribution < -0.4 is 15.1 Å². The fourth-order valence-electron chi connectivity index (χ4n) is 4.58. The molecule has 4 rings (SSSR count). The van der Waals surface area contributed by atoms with E-state index in [1.807, 2.05) is 13.8 Å². The highest BCUT2D eigenvalue weighted by Gasteiger charge is 2.42. The van der Waals surface area contributed by atoms with Gasteiger partial charge >= 0.3 is 6.18 Å². The molecule has 1 N–H and O–H groups in total. The molecule has 1 fully saturated rings. The van der Waals surface area contributed by atoms with Crippen LogP contribution in [0.5, 0.6) is 0 Å². The van der Waals surface area contributed by atoms with Gasteiger partial charge in [-0.15, -0.1) is 0 Å². The Morgan fingerprint density at radius 3 is 2.45 bits per heavy atom. The summed E-state index contributed by atoms with van der Waals surface area (Å²) in [6.45, 7) is 5.44. The van der Waals surface area contributed by atoms with Crippen LogP contribution in [0.3, 0.4) is 0 Å². The maximum atomic E-state index is 13.3. The SMILES string of the molecule is CC(C)NC(=O)[C@H]1Cc2cc(C(F)(F)F)ccc2N2CCN(c3ccc(F)cc3)C[C@@H]12. The third-order valence-corrected chi connectivity index (χ3v) is 6.00. The molecule has 0 aromatic heterocycles. The highest BCUT2D eigenvalue weighted by Crippen LogP contribution is 2.40. The standard InChI is InChI=1S/C23H25F4N3O/c1-14(2)28-22(31)19-12-15-11-16(23(25,26)27)3-8-20(15)30-10-9-29(13-21(19)30)18-6-4-17(24)5-7-18/h3-8,11,14,19,21H,9-10,12-13H2,1-2H3,(H,28,31)/t19-,21-/m0/s1. The highest BCUT2D eigenvalue weighted by atomic mass is 19.4. The van der Waals surface area contributed by atoms with Gasteiger partial charge < -0.3 is 15.1 Å². The van der Waals surface area contributed by atoms with Crippen molar-refractivity contribution in [3.05, 3.63) is 59.4 Å². The predicted molar refractivity (Wildman–Crippen MR) is 112 cm³/mol. The first-order valence-electron chi connectivity index (χ1n) is 10.4. The number of piperazine rings is 1. The molecular formula is C23H25F4N3O. The number of fused-ring (bicyclic) bond motifs is 3. The van der Waals surface area contributed by atoms with Gasteiger partial charge in [0, 0.05) is 37.1 Å². The van der Waals surface area contributed by atoms with E-state index in [1.54, 1.807) is 12.1 Å². The topological polar surface area (TPSA) is 35.6 Å². The van der Waals surface area contributed by atoms with Crippen molar-refractivity contribution in [2.45, 2.75) is 38.5 Å². The van der Waals surface area contributed by atoms with Crippen molar-refractivity contribution in [1.82, 2.24) is 5.32 Å². The molecule has 0 saturated carbocycles. The van der Waals surface area contributed by atoms with E-state index < -0.39 is 17.7 Å². The average Bonchev–Trinajstić information content (AvgIpc) is 2.71. The van der Waals surface area contributed by atoms with E-state index in [0.717, 1.165) is 17.4 Å². The largest absolute Gasteiger partial charge is 0.416 e. The summed E-state index contributed by atoms with van der Waals surface area (Å²) in [7, 11) is 0. The van der Waals surface area contributed by atoms with Crippen molar-refractivity contribution in [3.63, 3.8) is 0 Å². The van der Waals surface area contributed by atoms with Crippen LogP contribution in [0.1, 0.15) is 25.0 Å². The molecule has 0 bridgehead atoms. The smallest absolute Gasteiger partial charge is 0.368 e. The maximum absolute atomic E-state index is 13.3. The molecule has 31 heavy (non-hydrogen) atoms. The first-order valence-corrected chi connectivity index (χ1v) is 10.4. The van der Waals surface area contributed by atoms with E-state index in [0.29, 0.717) is 25.2 Å². The summed E-state index contributed by atoms with van der Waals surface area (Å²) in [6, 6.07) is 9.77. The lowest BCUT2D eigenvalue weighted by molar-refractivity contribution is -0.137. The van der Waals surface area contributed by atoms with Gasteiger partial charge in [0.2, 0.25) is 5.91 Å². The number of nitrogens with one attached hydrogen (secondary N) is 1. The van der Waals surface area contributed by atoms with E-state index in [1.165, 1.54) is 24.3 Å². The third kappa shape index (κ3) is 4.34. The number of benzene rings is 2. The van der Waals surface area contributed by atoms with Crippen molar-refractivity contribution in [3.8, 4) is 0 Å². The third-order valence-electron chi connectivity index (χ3n) is 6.00. The van der Waals surface area contributed by atoms with Crippen LogP contribution in [0.15, 0.2) is 42.5 Å². The summed E-state index contributed by atoms with van der Waals surface area (Å²) in [5.74, 6) is -0.959. The van der Waals surface area contributed by atoms with Crippen LogP contribution >= 0.6 is 0 Å². The molecule has 2 aliphatic rings. The summed E-state index contributed by atoms with van der Waals surface area (Å²) < 4.78 is 53.1. The second-order valence-electron chi connectivity index (χ2n) is 8.50. The van der Waals surface area contributed by atoms with Gasteiger partial charge in [-0.1, -0.05) is 0 Å². The Morgan fingerprint density at radius 2 is 1.81 bits per heavy atom. The number of anilines is 2. The zero-order valence-corrected chi connectivity index (χ0v) is 17.4. The Kier molecular flexibility index (Phi) is 5.58. The molecule has 0 spiro atoms. The number of carbonyl (C=O) groups is 1. The molecule has 0 radical (unpaired) electrons. The Morgan fingerprint density at radius 1 is 1.10 bits per heavy atom. The number of alkyl halides is 3. The number of hydrogen-bond donors (Lipinski definition) is 1. The minimum atomic E-state index is -4.43. The number of rotatable bonds is 3. The van der Waals surface area contributed by atoms with Crippen LogP contribution in [-0.2, 0) is 17.4 Å². The lowest BCUT2D eigenvalue weighted by atomic mass is 9.82. The van der Waals surface area contributed by atoms with Crippen LogP contribution in [0.25, 0.3) is 0 Å². The molecule has 166 valence electrons. The van der Waals surface area contributed by atoms with E-state index in [4.69, 9.17) is 0 Å². The molecule has 1 amide bonds. The van der Waals surface area contributed by atoms with Crippen LogP contribution in [0.4, 0.5) is 28.9 Å². The molecule has 2 aromatic carbocycles.